The maximum absolute atomic E-state index is 5.66. The first kappa shape index (κ1) is 21.3. The van der Waals surface area contributed by atoms with Crippen LogP contribution < -0.4 is 9.64 Å². The zero-order chi connectivity index (χ0) is 23.2. The summed E-state index contributed by atoms with van der Waals surface area (Å²) in [6, 6.07) is 1.99. The van der Waals surface area contributed by atoms with Gasteiger partial charge in [0.1, 0.15) is 34.4 Å². The van der Waals surface area contributed by atoms with E-state index in [1.807, 2.05) is 58.8 Å². The number of hydrogen-bond donors (Lipinski definition) is 1. The number of nitrogens with zero attached hydrogens (tertiary/aromatic N) is 7. The van der Waals surface area contributed by atoms with Crippen LogP contribution in [0.2, 0.25) is 0 Å². The molecule has 166 valence electrons. The molecule has 4 rings (SSSR count). The minimum absolute atomic E-state index is 0.470. The predicted octanol–water partition coefficient (Wildman–Crippen LogP) is 3.94. The second-order valence-electron chi connectivity index (χ2n) is 7.45. The minimum Gasteiger partial charge on any atom is -0.481 e. The van der Waals surface area contributed by atoms with Gasteiger partial charge in [-0.2, -0.15) is 5.10 Å². The number of pyridine rings is 1. The topological polar surface area (TPSA) is 109 Å². The van der Waals surface area contributed by atoms with Crippen molar-refractivity contribution in [2.75, 3.05) is 26.1 Å². The van der Waals surface area contributed by atoms with Crippen molar-refractivity contribution >= 4 is 34.6 Å². The molecule has 1 N–H and O–H groups in total. The maximum atomic E-state index is 5.66. The summed E-state index contributed by atoms with van der Waals surface area (Å²) in [7, 11) is 5.35. The molecule has 4 heterocycles. The molecule has 0 spiro atoms. The molecule has 10 heteroatoms. The smallest absolute Gasteiger partial charge is 0.221 e. The fourth-order valence-corrected chi connectivity index (χ4v) is 4.00. The van der Waals surface area contributed by atoms with E-state index in [1.165, 1.54) is 0 Å². The Morgan fingerprint density at radius 2 is 1.97 bits per heavy atom. The third kappa shape index (κ3) is 3.24. The first-order valence-corrected chi connectivity index (χ1v) is 10.1. The molecule has 4 aromatic rings. The van der Waals surface area contributed by atoms with E-state index in [2.05, 4.69) is 26.9 Å². The van der Waals surface area contributed by atoms with E-state index in [-0.39, 0.29) is 0 Å². The molecule has 0 aromatic carbocycles. The monoisotopic (exact) mass is 434 g/mol. The summed E-state index contributed by atoms with van der Waals surface area (Å²) in [6.07, 6.45) is 1.94. The fourth-order valence-electron chi connectivity index (χ4n) is 4.00. The Balaban J connectivity index is 2.03. The summed E-state index contributed by atoms with van der Waals surface area (Å²) in [5.41, 5.74) is 4.63. The van der Waals surface area contributed by atoms with Gasteiger partial charge in [0, 0.05) is 20.8 Å². The van der Waals surface area contributed by atoms with Crippen LogP contribution in [-0.4, -0.2) is 58.0 Å². The number of aromatic nitrogens is 5. The highest BCUT2D eigenvalue weighted by Crippen LogP contribution is 2.39. The minimum atomic E-state index is 0.470. The zero-order valence-electron chi connectivity index (χ0n) is 19.3. The SMILES string of the molecule is C=NN(C)/C(=C\C)N(C)c1nc(C)nc2[nH]c3cc(-c4c(C)noc4C)c(OC)nc3c12. The Morgan fingerprint density at radius 1 is 1.22 bits per heavy atom. The van der Waals surface area contributed by atoms with Crippen molar-refractivity contribution in [1.29, 1.82) is 0 Å². The molecule has 0 fully saturated rings. The Kier molecular flexibility index (Phi) is 5.29. The van der Waals surface area contributed by atoms with Crippen molar-refractivity contribution in [1.82, 2.24) is 30.1 Å². The number of ether oxygens (including phenoxy) is 1. The second kappa shape index (κ2) is 7.95. The standard InChI is InChI=1S/C22H26N8O2/c1-9-16(30(7)23-5)29(6)21-18-19-15(26-20(18)24-13(4)25-21)10-14(22(27-19)31-8)17-11(2)28-32-12(17)3/h9-10H,5H2,1-4,6-8H3,(H,24,25,26)/b16-9-. The number of hydrazone groups is 1. The molecule has 10 nitrogen and oxygen atoms in total. The first-order valence-electron chi connectivity index (χ1n) is 10.1. The van der Waals surface area contributed by atoms with E-state index in [0.29, 0.717) is 34.4 Å². The summed E-state index contributed by atoms with van der Waals surface area (Å²) in [5.74, 6) is 3.31. The summed E-state index contributed by atoms with van der Waals surface area (Å²) < 4.78 is 11.0. The number of aromatic amines is 1. The van der Waals surface area contributed by atoms with Crippen molar-refractivity contribution in [2.45, 2.75) is 27.7 Å². The molecular formula is C22H26N8O2. The van der Waals surface area contributed by atoms with Crippen LogP contribution in [0.25, 0.3) is 33.2 Å². The number of hydrogen-bond acceptors (Lipinski definition) is 9. The molecular weight excluding hydrogens is 408 g/mol. The number of aryl methyl sites for hydroxylation is 3. The normalized spacial score (nSPS) is 11.9. The third-order valence-corrected chi connectivity index (χ3v) is 5.44. The van der Waals surface area contributed by atoms with Crippen LogP contribution in [-0.2, 0) is 0 Å². The van der Waals surface area contributed by atoms with E-state index in [1.54, 1.807) is 12.1 Å². The van der Waals surface area contributed by atoms with E-state index in [9.17, 15) is 0 Å². The number of methoxy groups -OCH3 is 1. The molecule has 0 amide bonds. The fraction of sp³-hybridized carbons (Fsp3) is 0.318. The average Bonchev–Trinajstić information content (AvgIpc) is 3.30. The highest BCUT2D eigenvalue weighted by atomic mass is 16.5. The molecule has 0 aliphatic heterocycles. The molecule has 4 aromatic heterocycles. The first-order chi connectivity index (χ1) is 15.3. The van der Waals surface area contributed by atoms with Gasteiger partial charge in [0.15, 0.2) is 0 Å². The summed E-state index contributed by atoms with van der Waals surface area (Å²) in [4.78, 5) is 19.5. The number of nitrogens with one attached hydrogen (secondary N) is 1. The van der Waals surface area contributed by atoms with Gasteiger partial charge < -0.3 is 19.1 Å². The van der Waals surface area contributed by atoms with Gasteiger partial charge in [-0.05, 0) is 39.8 Å². The van der Waals surface area contributed by atoms with Gasteiger partial charge in [-0.1, -0.05) is 5.16 Å². The lowest BCUT2D eigenvalue weighted by molar-refractivity contribution is 0.392. The van der Waals surface area contributed by atoms with Crippen molar-refractivity contribution in [3.8, 4) is 17.0 Å². The highest BCUT2D eigenvalue weighted by molar-refractivity contribution is 6.10. The Morgan fingerprint density at radius 3 is 2.56 bits per heavy atom. The Hall–Kier alpha value is -3.95. The molecule has 32 heavy (non-hydrogen) atoms. The van der Waals surface area contributed by atoms with Gasteiger partial charge in [0.05, 0.1) is 34.8 Å². The van der Waals surface area contributed by atoms with Crippen LogP contribution in [0.4, 0.5) is 5.82 Å². The van der Waals surface area contributed by atoms with E-state index >= 15 is 0 Å². The lowest BCUT2D eigenvalue weighted by Crippen LogP contribution is -2.28. The average molecular weight is 435 g/mol. The van der Waals surface area contributed by atoms with Gasteiger partial charge in [-0.25, -0.2) is 15.0 Å². The Bertz CT molecular complexity index is 1350. The number of allylic oxidation sites excluding steroid dienone is 1. The largest absolute Gasteiger partial charge is 0.481 e. The zero-order valence-corrected chi connectivity index (χ0v) is 19.3. The van der Waals surface area contributed by atoms with Crippen LogP contribution in [0, 0.1) is 20.8 Å². The summed E-state index contributed by atoms with van der Waals surface area (Å²) in [5, 5.41) is 10.6. The molecule has 0 bridgehead atoms. The van der Waals surface area contributed by atoms with Crippen molar-refractivity contribution in [3.05, 3.63) is 35.2 Å². The van der Waals surface area contributed by atoms with Gasteiger partial charge in [0.2, 0.25) is 5.88 Å². The van der Waals surface area contributed by atoms with Crippen LogP contribution >= 0.6 is 0 Å². The van der Waals surface area contributed by atoms with Crippen molar-refractivity contribution < 1.29 is 9.26 Å². The number of fused-ring (bicyclic) bond motifs is 3. The van der Waals surface area contributed by atoms with Gasteiger partial charge >= 0.3 is 0 Å². The molecule has 0 radical (unpaired) electrons. The number of anilines is 1. The van der Waals surface area contributed by atoms with Crippen LogP contribution in [0.5, 0.6) is 5.88 Å². The molecule has 0 aliphatic carbocycles. The quantitative estimate of drug-likeness (QED) is 0.359. The van der Waals surface area contributed by atoms with Gasteiger partial charge in [-0.3, -0.25) is 5.01 Å². The highest BCUT2D eigenvalue weighted by Gasteiger charge is 2.24. The third-order valence-electron chi connectivity index (χ3n) is 5.44. The molecule has 0 saturated heterocycles. The van der Waals surface area contributed by atoms with Crippen molar-refractivity contribution in [3.63, 3.8) is 0 Å². The van der Waals surface area contributed by atoms with E-state index in [0.717, 1.165) is 33.5 Å². The van der Waals surface area contributed by atoms with Crippen LogP contribution in [0.15, 0.2) is 27.6 Å². The molecule has 0 aliphatic rings. The summed E-state index contributed by atoms with van der Waals surface area (Å²) in [6.45, 7) is 11.2. The van der Waals surface area contributed by atoms with Gasteiger partial charge in [0.25, 0.3) is 0 Å². The number of H-pyrrole nitrogens is 1. The Labute approximate surface area is 185 Å². The van der Waals surface area contributed by atoms with E-state index in [4.69, 9.17) is 19.2 Å². The van der Waals surface area contributed by atoms with Gasteiger partial charge in [-0.15, -0.1) is 0 Å². The number of rotatable bonds is 6. The molecule has 0 unspecified atom stereocenters. The second-order valence-corrected chi connectivity index (χ2v) is 7.45. The molecule has 0 saturated carbocycles. The predicted molar refractivity (Wildman–Crippen MR) is 125 cm³/mol. The summed E-state index contributed by atoms with van der Waals surface area (Å²) >= 11 is 0. The van der Waals surface area contributed by atoms with E-state index < -0.39 is 0 Å². The lowest BCUT2D eigenvalue weighted by atomic mass is 10.0. The van der Waals surface area contributed by atoms with Crippen molar-refractivity contribution in [2.24, 2.45) is 5.10 Å². The maximum Gasteiger partial charge on any atom is 0.221 e. The molecule has 0 atom stereocenters. The lowest BCUT2D eigenvalue weighted by Gasteiger charge is -2.27. The van der Waals surface area contributed by atoms with Crippen LogP contribution in [0.1, 0.15) is 24.2 Å². The van der Waals surface area contributed by atoms with Crippen LogP contribution in [0.3, 0.4) is 0 Å².